The van der Waals surface area contributed by atoms with Gasteiger partial charge in [0.05, 0.1) is 5.69 Å². The zero-order chi connectivity index (χ0) is 61.7. The Bertz CT molecular complexity index is 4090. The Kier molecular flexibility index (Phi) is 12.8. The smallest absolute Gasteiger partial charge is 0.252 e. The zero-order valence-electron chi connectivity index (χ0n) is 56.4. The molecule has 0 N–H and O–H groups in total. The van der Waals surface area contributed by atoms with Gasteiger partial charge in [0.25, 0.3) is 6.71 Å². The van der Waals surface area contributed by atoms with Crippen LogP contribution in [0.5, 0.6) is 0 Å². The molecule has 0 amide bonds. The van der Waals surface area contributed by atoms with E-state index in [9.17, 15) is 0 Å². The van der Waals surface area contributed by atoms with Crippen LogP contribution >= 0.6 is 0 Å². The highest BCUT2D eigenvalue weighted by Crippen LogP contribution is 2.58. The van der Waals surface area contributed by atoms with Crippen molar-refractivity contribution in [2.45, 2.75) is 221 Å². The predicted molar refractivity (Wildman–Crippen MR) is 374 cm³/mol. The van der Waals surface area contributed by atoms with Gasteiger partial charge in [-0.3, -0.25) is 0 Å². The molecule has 0 fully saturated rings. The van der Waals surface area contributed by atoms with E-state index >= 15 is 0 Å². The Morgan fingerprint density at radius 1 is 0.395 bits per heavy atom. The van der Waals surface area contributed by atoms with Gasteiger partial charge in [0.2, 0.25) is 0 Å². The molecule has 0 bridgehead atoms. The third-order valence-electron chi connectivity index (χ3n) is 21.9. The normalized spacial score (nSPS) is 18.1. The summed E-state index contributed by atoms with van der Waals surface area (Å²) in [4.78, 5) is 8.05. The molecule has 3 nitrogen and oxygen atoms in total. The molecular weight excluding hydrogens is 1040 g/mol. The van der Waals surface area contributed by atoms with E-state index in [1.54, 1.807) is 0 Å². The van der Waals surface area contributed by atoms with Crippen molar-refractivity contribution < 1.29 is 0 Å². The third-order valence-corrected chi connectivity index (χ3v) is 21.9. The van der Waals surface area contributed by atoms with Gasteiger partial charge in [-0.1, -0.05) is 204 Å². The summed E-state index contributed by atoms with van der Waals surface area (Å²) in [6.07, 6.45) is 4.66. The van der Waals surface area contributed by atoms with Gasteiger partial charge in [-0.05, 0) is 239 Å². The Morgan fingerprint density at radius 2 is 0.895 bits per heavy atom. The Balaban J connectivity index is 1.14. The summed E-state index contributed by atoms with van der Waals surface area (Å²) in [5, 5.41) is 0. The standard InChI is InChI=1S/C82H96BN3/c1-49-40-71-74-72(41-49)86(68-25-23-24-58-57-31-26-54(77(10,11)12)44-60(57)82(21,22)73(58)68)69-46-56(84(66-34-27-52(42-50(66)2)75(4,5)6)67-35-28-53(43-51(67)3)76(7,8)9)30-33-64(69)83(74)65-47-62-63(81(19,20)39-38-80(62,17)18)48-70(65)85(71)55-29-32-59-61(45-55)79(15,16)37-36-78(59,13)14/h23-35,40-48H,36-39H2,1-22H3. The molecule has 2 aliphatic heterocycles. The lowest BCUT2D eigenvalue weighted by Gasteiger charge is -2.48. The van der Waals surface area contributed by atoms with Crippen LogP contribution in [0.25, 0.3) is 11.1 Å². The molecule has 442 valence electrons. The third kappa shape index (κ3) is 8.92. The molecule has 0 aromatic heterocycles. The first kappa shape index (κ1) is 58.3. The minimum absolute atomic E-state index is 0.00917. The van der Waals surface area contributed by atoms with E-state index < -0.39 is 0 Å². The summed E-state index contributed by atoms with van der Waals surface area (Å²) < 4.78 is 0. The molecule has 0 saturated heterocycles. The molecule has 13 rings (SSSR count). The molecule has 0 unspecified atom stereocenters. The summed E-state index contributed by atoms with van der Waals surface area (Å²) in [7, 11) is 0. The number of aryl methyl sites for hydroxylation is 3. The van der Waals surface area contributed by atoms with Gasteiger partial charge in [0.1, 0.15) is 0 Å². The fourth-order valence-electron chi connectivity index (χ4n) is 16.2. The van der Waals surface area contributed by atoms with Crippen LogP contribution in [0, 0.1) is 20.8 Å². The summed E-state index contributed by atoms with van der Waals surface area (Å²) >= 11 is 0. The highest BCUT2D eigenvalue weighted by Gasteiger charge is 2.49. The van der Waals surface area contributed by atoms with Crippen LogP contribution in [-0.4, -0.2) is 6.71 Å². The molecule has 0 radical (unpaired) electrons. The van der Waals surface area contributed by atoms with Crippen molar-refractivity contribution in [2.75, 3.05) is 14.7 Å². The maximum Gasteiger partial charge on any atom is 0.252 e. The van der Waals surface area contributed by atoms with E-state index in [-0.39, 0.29) is 50.0 Å². The van der Waals surface area contributed by atoms with Crippen molar-refractivity contribution in [3.8, 4) is 11.1 Å². The predicted octanol–water partition coefficient (Wildman–Crippen LogP) is 21.1. The van der Waals surface area contributed by atoms with Crippen molar-refractivity contribution in [1.29, 1.82) is 0 Å². The van der Waals surface area contributed by atoms with Crippen molar-refractivity contribution in [2.24, 2.45) is 0 Å². The van der Waals surface area contributed by atoms with Crippen molar-refractivity contribution in [3.63, 3.8) is 0 Å². The first-order valence-corrected chi connectivity index (χ1v) is 32.5. The van der Waals surface area contributed by atoms with Gasteiger partial charge in [-0.2, -0.15) is 0 Å². The second kappa shape index (κ2) is 18.9. The van der Waals surface area contributed by atoms with E-state index in [0.29, 0.717) is 0 Å². The molecule has 4 heteroatoms. The van der Waals surface area contributed by atoms with Gasteiger partial charge >= 0.3 is 0 Å². The highest BCUT2D eigenvalue weighted by molar-refractivity contribution is 7.00. The van der Waals surface area contributed by atoms with Crippen LogP contribution in [0.2, 0.25) is 0 Å². The fourth-order valence-corrected chi connectivity index (χ4v) is 16.2. The van der Waals surface area contributed by atoms with Gasteiger partial charge < -0.3 is 14.7 Å². The molecule has 2 heterocycles. The largest absolute Gasteiger partial charge is 0.311 e. The van der Waals surface area contributed by atoms with Crippen LogP contribution in [0.15, 0.2) is 133 Å². The van der Waals surface area contributed by atoms with Crippen LogP contribution < -0.4 is 31.1 Å². The molecule has 8 aromatic carbocycles. The van der Waals surface area contributed by atoms with E-state index in [1.165, 1.54) is 153 Å². The minimum atomic E-state index is -0.301. The Morgan fingerprint density at radius 3 is 1.45 bits per heavy atom. The van der Waals surface area contributed by atoms with Crippen LogP contribution in [0.1, 0.15) is 224 Å². The lowest BCUT2D eigenvalue weighted by molar-refractivity contribution is 0.332. The Hall–Kier alpha value is -6.78. The second-order valence-corrected chi connectivity index (χ2v) is 33.5. The van der Waals surface area contributed by atoms with Crippen molar-refractivity contribution in [3.05, 3.63) is 200 Å². The van der Waals surface area contributed by atoms with E-state index in [0.717, 1.165) is 18.5 Å². The second-order valence-electron chi connectivity index (χ2n) is 33.5. The summed E-state index contributed by atoms with van der Waals surface area (Å²) in [6, 6.07) is 54.6. The molecule has 5 aliphatic rings. The van der Waals surface area contributed by atoms with Gasteiger partial charge in [0, 0.05) is 50.9 Å². The lowest BCUT2D eigenvalue weighted by atomic mass is 9.33. The number of benzene rings is 8. The van der Waals surface area contributed by atoms with E-state index in [1.807, 2.05) is 0 Å². The quantitative estimate of drug-likeness (QED) is 0.159. The molecule has 8 aromatic rings. The summed E-state index contributed by atoms with van der Waals surface area (Å²) in [5.41, 5.74) is 34.5. The van der Waals surface area contributed by atoms with Crippen LogP contribution in [-0.2, 0) is 43.3 Å². The van der Waals surface area contributed by atoms with Gasteiger partial charge in [-0.15, -0.1) is 0 Å². The van der Waals surface area contributed by atoms with Gasteiger partial charge in [0.15, 0.2) is 0 Å². The number of hydrogen-bond acceptors (Lipinski definition) is 3. The van der Waals surface area contributed by atoms with Crippen LogP contribution in [0.3, 0.4) is 0 Å². The topological polar surface area (TPSA) is 9.72 Å². The van der Waals surface area contributed by atoms with E-state index in [4.69, 9.17) is 0 Å². The monoisotopic (exact) mass is 1130 g/mol. The highest BCUT2D eigenvalue weighted by atomic mass is 15.2. The first-order chi connectivity index (χ1) is 40.0. The van der Waals surface area contributed by atoms with Crippen molar-refractivity contribution in [1.82, 2.24) is 0 Å². The van der Waals surface area contributed by atoms with E-state index in [2.05, 4.69) is 300 Å². The van der Waals surface area contributed by atoms with Crippen molar-refractivity contribution >= 4 is 74.3 Å². The molecule has 0 spiro atoms. The number of anilines is 9. The average molecular weight is 1130 g/mol. The number of fused-ring (bicyclic) bond motifs is 9. The molecule has 0 atom stereocenters. The number of rotatable bonds is 5. The summed E-state index contributed by atoms with van der Waals surface area (Å²) in [5.74, 6) is 0. The maximum atomic E-state index is 2.74. The molecule has 3 aliphatic carbocycles. The molecular formula is C82H96BN3. The van der Waals surface area contributed by atoms with Crippen LogP contribution in [0.4, 0.5) is 51.2 Å². The number of hydrogen-bond donors (Lipinski definition) is 0. The fraction of sp³-hybridized carbons (Fsp3) is 0.415. The first-order valence-electron chi connectivity index (χ1n) is 32.5. The zero-order valence-corrected chi connectivity index (χ0v) is 56.4. The summed E-state index contributed by atoms with van der Waals surface area (Å²) in [6.45, 7) is 52.8. The maximum absolute atomic E-state index is 2.74. The van der Waals surface area contributed by atoms with Gasteiger partial charge in [-0.25, -0.2) is 0 Å². The lowest BCUT2D eigenvalue weighted by Crippen LogP contribution is -2.62. The average Bonchev–Trinajstić information content (AvgIpc) is 0.888. The molecule has 86 heavy (non-hydrogen) atoms. The molecule has 0 saturated carbocycles. The number of nitrogens with zero attached hydrogens (tertiary/aromatic N) is 3. The SMILES string of the molecule is Cc1cc2c3c(c1)N(c1cccc4c1C(C)(C)c1cc(C(C)(C)C)ccc1-4)c1cc(N(c4ccc(C(C)(C)C)cc4C)c4ccc(C(C)(C)C)cc4C)ccc1B3c1cc3c(cc1N2c1ccc2c(c1)C(C)(C)CCC2(C)C)C(C)(C)CCC3(C)C. The Labute approximate surface area is 518 Å². The minimum Gasteiger partial charge on any atom is -0.311 e.